The highest BCUT2D eigenvalue weighted by molar-refractivity contribution is 5.79. The van der Waals surface area contributed by atoms with Crippen molar-refractivity contribution in [3.8, 4) is 0 Å². The number of benzene rings is 1. The molecule has 1 saturated carbocycles. The van der Waals surface area contributed by atoms with Gasteiger partial charge in [0, 0.05) is 18.5 Å². The van der Waals surface area contributed by atoms with E-state index in [0.29, 0.717) is 17.9 Å². The molecular weight excluding hydrogens is 284 g/mol. The van der Waals surface area contributed by atoms with Gasteiger partial charge < -0.3 is 10.2 Å². The molecule has 1 amide bonds. The molecule has 1 N–H and O–H groups in total. The maximum absolute atomic E-state index is 13.2. The summed E-state index contributed by atoms with van der Waals surface area (Å²) < 4.78 is 0. The first kappa shape index (κ1) is 16.5. The van der Waals surface area contributed by atoms with Gasteiger partial charge in [-0.3, -0.25) is 4.79 Å². The molecule has 1 aromatic rings. The predicted octanol–water partition coefficient (Wildman–Crippen LogP) is 3.76. The fraction of sp³-hybridized carbons (Fsp3) is 0.650. The number of piperidine rings is 1. The van der Waals surface area contributed by atoms with Gasteiger partial charge in [0.1, 0.15) is 0 Å². The highest BCUT2D eigenvalue weighted by Gasteiger charge is 2.33. The summed E-state index contributed by atoms with van der Waals surface area (Å²) in [6.07, 6.45) is 5.85. The Morgan fingerprint density at radius 1 is 1.26 bits per heavy atom. The van der Waals surface area contributed by atoms with Crippen LogP contribution in [0.15, 0.2) is 30.3 Å². The minimum atomic E-state index is 0.175. The van der Waals surface area contributed by atoms with Gasteiger partial charge in [0.25, 0.3) is 0 Å². The molecule has 0 spiro atoms. The predicted molar refractivity (Wildman–Crippen MR) is 94.1 cm³/mol. The van der Waals surface area contributed by atoms with Gasteiger partial charge in [0.05, 0.1) is 6.04 Å². The molecule has 1 aromatic carbocycles. The number of rotatable bonds is 5. The van der Waals surface area contributed by atoms with Crippen molar-refractivity contribution in [2.75, 3.05) is 13.1 Å². The summed E-state index contributed by atoms with van der Waals surface area (Å²) in [7, 11) is 0. The topological polar surface area (TPSA) is 32.3 Å². The van der Waals surface area contributed by atoms with Crippen LogP contribution >= 0.6 is 0 Å². The van der Waals surface area contributed by atoms with Crippen molar-refractivity contribution in [3.05, 3.63) is 35.9 Å². The highest BCUT2D eigenvalue weighted by Crippen LogP contribution is 2.32. The smallest absolute Gasteiger partial charge is 0.226 e. The Kier molecular flexibility index (Phi) is 5.37. The Morgan fingerprint density at radius 2 is 2.00 bits per heavy atom. The van der Waals surface area contributed by atoms with E-state index in [9.17, 15) is 4.79 Å². The van der Waals surface area contributed by atoms with Crippen LogP contribution in [0.5, 0.6) is 0 Å². The fourth-order valence-electron chi connectivity index (χ4n) is 3.89. The van der Waals surface area contributed by atoms with Crippen LogP contribution in [0.4, 0.5) is 0 Å². The number of carbonyl (C=O) groups is 1. The van der Waals surface area contributed by atoms with Crippen molar-refractivity contribution in [2.24, 2.45) is 11.8 Å². The molecule has 0 bridgehead atoms. The second-order valence-corrected chi connectivity index (χ2v) is 7.45. The van der Waals surface area contributed by atoms with E-state index in [1.807, 2.05) is 6.07 Å². The normalized spacial score (nSPS) is 26.3. The molecule has 3 atom stereocenters. The summed E-state index contributed by atoms with van der Waals surface area (Å²) in [5.41, 5.74) is 1.25. The van der Waals surface area contributed by atoms with E-state index in [0.717, 1.165) is 25.9 Å². The maximum atomic E-state index is 13.2. The highest BCUT2D eigenvalue weighted by atomic mass is 16.2. The van der Waals surface area contributed by atoms with Crippen LogP contribution in [0, 0.1) is 11.8 Å². The van der Waals surface area contributed by atoms with Gasteiger partial charge in [-0.1, -0.05) is 36.8 Å². The number of carbonyl (C=O) groups excluding carboxylic acids is 1. The number of hydrogen-bond donors (Lipinski definition) is 1. The van der Waals surface area contributed by atoms with Crippen molar-refractivity contribution in [1.82, 2.24) is 10.2 Å². The fourth-order valence-corrected chi connectivity index (χ4v) is 3.89. The second kappa shape index (κ2) is 7.48. The first-order valence-corrected chi connectivity index (χ1v) is 9.24. The Labute approximate surface area is 140 Å². The van der Waals surface area contributed by atoms with Gasteiger partial charge in [0.2, 0.25) is 5.91 Å². The monoisotopic (exact) mass is 314 g/mol. The van der Waals surface area contributed by atoms with Crippen molar-refractivity contribution in [1.29, 1.82) is 0 Å². The van der Waals surface area contributed by atoms with Crippen molar-refractivity contribution < 1.29 is 4.79 Å². The Bertz CT molecular complexity index is 512. The van der Waals surface area contributed by atoms with Crippen LogP contribution in [0.25, 0.3) is 0 Å². The molecule has 1 aliphatic carbocycles. The molecular formula is C20H30N2O. The third-order valence-electron chi connectivity index (χ3n) is 5.69. The molecule has 1 heterocycles. The van der Waals surface area contributed by atoms with Crippen LogP contribution in [0.3, 0.4) is 0 Å². The summed E-state index contributed by atoms with van der Waals surface area (Å²) >= 11 is 0. The molecule has 1 saturated heterocycles. The summed E-state index contributed by atoms with van der Waals surface area (Å²) in [4.78, 5) is 15.4. The van der Waals surface area contributed by atoms with Crippen molar-refractivity contribution >= 4 is 5.91 Å². The van der Waals surface area contributed by atoms with Crippen molar-refractivity contribution in [2.45, 2.75) is 58.0 Å². The van der Waals surface area contributed by atoms with Gasteiger partial charge in [-0.15, -0.1) is 0 Å². The Hall–Kier alpha value is -1.35. The minimum absolute atomic E-state index is 0.175. The standard InChI is InChI=1S/C20H30N2O/c1-15-13-19(11-12-21-15)20(23)22(14-17-7-6-8-17)16(2)18-9-4-3-5-10-18/h3-5,9-10,15-17,19,21H,6-8,11-14H2,1-2H3/t15-,16?,19-/m0/s1. The third-order valence-corrected chi connectivity index (χ3v) is 5.69. The number of amides is 1. The molecule has 23 heavy (non-hydrogen) atoms. The van der Waals surface area contributed by atoms with Gasteiger partial charge in [-0.2, -0.15) is 0 Å². The summed E-state index contributed by atoms with van der Waals surface area (Å²) in [5.74, 6) is 1.28. The van der Waals surface area contributed by atoms with E-state index in [1.54, 1.807) is 0 Å². The lowest BCUT2D eigenvalue weighted by molar-refractivity contribution is -0.140. The number of hydrogen-bond acceptors (Lipinski definition) is 2. The average Bonchev–Trinajstić information content (AvgIpc) is 2.54. The zero-order valence-corrected chi connectivity index (χ0v) is 14.5. The van der Waals surface area contributed by atoms with Crippen LogP contribution in [0.1, 0.15) is 57.6 Å². The molecule has 0 radical (unpaired) electrons. The molecule has 3 nitrogen and oxygen atoms in total. The van der Waals surface area contributed by atoms with Gasteiger partial charge in [-0.25, -0.2) is 0 Å². The van der Waals surface area contributed by atoms with E-state index in [1.165, 1.54) is 24.8 Å². The Morgan fingerprint density at radius 3 is 2.61 bits per heavy atom. The van der Waals surface area contributed by atoms with E-state index in [4.69, 9.17) is 0 Å². The molecule has 1 unspecified atom stereocenters. The zero-order chi connectivity index (χ0) is 16.2. The van der Waals surface area contributed by atoms with E-state index >= 15 is 0 Å². The first-order valence-electron chi connectivity index (χ1n) is 9.24. The zero-order valence-electron chi connectivity index (χ0n) is 14.5. The molecule has 2 fully saturated rings. The van der Waals surface area contributed by atoms with Crippen LogP contribution in [-0.4, -0.2) is 29.9 Å². The molecule has 3 heteroatoms. The molecule has 3 rings (SSSR count). The Balaban J connectivity index is 1.75. The maximum Gasteiger partial charge on any atom is 0.226 e. The molecule has 126 valence electrons. The minimum Gasteiger partial charge on any atom is -0.335 e. The number of nitrogens with one attached hydrogen (secondary N) is 1. The summed E-state index contributed by atoms with van der Waals surface area (Å²) in [6.45, 7) is 6.29. The SMILES string of the molecule is CC(c1ccccc1)N(CC1CCC1)C(=O)[C@H]1CCN[C@@H](C)C1. The average molecular weight is 314 g/mol. The molecule has 1 aliphatic heterocycles. The van der Waals surface area contributed by atoms with Gasteiger partial charge in [0.15, 0.2) is 0 Å². The largest absolute Gasteiger partial charge is 0.335 e. The quantitative estimate of drug-likeness (QED) is 0.897. The van der Waals surface area contributed by atoms with E-state index < -0.39 is 0 Å². The second-order valence-electron chi connectivity index (χ2n) is 7.45. The lowest BCUT2D eigenvalue weighted by Gasteiger charge is -2.39. The lowest BCUT2D eigenvalue weighted by atomic mass is 9.83. The van der Waals surface area contributed by atoms with Gasteiger partial charge in [-0.05, 0) is 57.6 Å². The van der Waals surface area contributed by atoms with E-state index in [-0.39, 0.29) is 12.0 Å². The van der Waals surface area contributed by atoms with Crippen LogP contribution in [-0.2, 0) is 4.79 Å². The van der Waals surface area contributed by atoms with Gasteiger partial charge >= 0.3 is 0 Å². The lowest BCUT2D eigenvalue weighted by Crippen LogP contribution is -2.46. The van der Waals surface area contributed by atoms with Crippen LogP contribution in [0.2, 0.25) is 0 Å². The van der Waals surface area contributed by atoms with E-state index in [2.05, 4.69) is 48.3 Å². The summed E-state index contributed by atoms with van der Waals surface area (Å²) in [6, 6.07) is 11.1. The molecule has 0 aromatic heterocycles. The molecule has 2 aliphatic rings. The first-order chi connectivity index (χ1) is 11.1. The third kappa shape index (κ3) is 3.95. The van der Waals surface area contributed by atoms with Crippen molar-refractivity contribution in [3.63, 3.8) is 0 Å². The number of nitrogens with zero attached hydrogens (tertiary/aromatic N) is 1. The summed E-state index contributed by atoms with van der Waals surface area (Å²) in [5, 5.41) is 3.46. The van der Waals surface area contributed by atoms with Crippen LogP contribution < -0.4 is 5.32 Å².